The molecule has 0 aromatic heterocycles. The molecular formula is C10H17NO4. The van der Waals surface area contributed by atoms with Gasteiger partial charge in [0.05, 0.1) is 12.2 Å². The summed E-state index contributed by atoms with van der Waals surface area (Å²) in [6.07, 6.45) is 2.94. The average molecular weight is 215 g/mol. The van der Waals surface area contributed by atoms with Crippen LogP contribution in [0.2, 0.25) is 0 Å². The second-order valence-electron chi connectivity index (χ2n) is 3.51. The van der Waals surface area contributed by atoms with E-state index in [9.17, 15) is 4.79 Å². The minimum atomic E-state index is -0.916. The van der Waals surface area contributed by atoms with Crippen LogP contribution in [0.3, 0.4) is 0 Å². The summed E-state index contributed by atoms with van der Waals surface area (Å²) in [7, 11) is 3.32. The minimum absolute atomic E-state index is 0.0771. The van der Waals surface area contributed by atoms with E-state index in [1.807, 2.05) is 0 Å². The van der Waals surface area contributed by atoms with E-state index >= 15 is 0 Å². The van der Waals surface area contributed by atoms with Crippen molar-refractivity contribution in [2.24, 2.45) is 0 Å². The highest BCUT2D eigenvalue weighted by Gasteiger charge is 2.31. The van der Waals surface area contributed by atoms with Crippen molar-refractivity contribution in [3.63, 3.8) is 0 Å². The SMILES string of the molecule is COC1CN(C/C=C/C(=O)O)CC1OC. The molecule has 1 heterocycles. The smallest absolute Gasteiger partial charge is 0.328 e. The Balaban J connectivity index is 2.37. The Hall–Kier alpha value is -0.910. The van der Waals surface area contributed by atoms with Crippen LogP contribution in [-0.2, 0) is 14.3 Å². The summed E-state index contributed by atoms with van der Waals surface area (Å²) in [4.78, 5) is 12.4. The molecule has 0 saturated carbocycles. The molecule has 2 unspecified atom stereocenters. The van der Waals surface area contributed by atoms with Crippen molar-refractivity contribution in [1.29, 1.82) is 0 Å². The van der Waals surface area contributed by atoms with Crippen molar-refractivity contribution in [3.05, 3.63) is 12.2 Å². The van der Waals surface area contributed by atoms with Crippen LogP contribution >= 0.6 is 0 Å². The van der Waals surface area contributed by atoms with Crippen LogP contribution in [0.4, 0.5) is 0 Å². The maximum atomic E-state index is 10.3. The molecule has 0 bridgehead atoms. The van der Waals surface area contributed by atoms with E-state index < -0.39 is 5.97 Å². The molecular weight excluding hydrogens is 198 g/mol. The predicted octanol–water partition coefficient (Wildman–Crippen LogP) is -0.0272. The number of rotatable bonds is 5. The number of aliphatic carboxylic acids is 1. The number of ether oxygens (including phenoxy) is 2. The molecule has 2 atom stereocenters. The molecule has 1 rings (SSSR count). The Bertz CT molecular complexity index is 230. The average Bonchev–Trinajstić information content (AvgIpc) is 2.59. The van der Waals surface area contributed by atoms with Crippen LogP contribution in [0.25, 0.3) is 0 Å². The quantitative estimate of drug-likeness (QED) is 0.653. The summed E-state index contributed by atoms with van der Waals surface area (Å²) < 4.78 is 10.5. The van der Waals surface area contributed by atoms with Gasteiger partial charge in [-0.25, -0.2) is 4.79 Å². The van der Waals surface area contributed by atoms with Crippen LogP contribution in [0, 0.1) is 0 Å². The van der Waals surface area contributed by atoms with Gasteiger partial charge in [-0.15, -0.1) is 0 Å². The summed E-state index contributed by atoms with van der Waals surface area (Å²) in [5, 5.41) is 8.43. The lowest BCUT2D eigenvalue weighted by Crippen LogP contribution is -2.27. The van der Waals surface area contributed by atoms with Gasteiger partial charge in [-0.1, -0.05) is 6.08 Å². The third-order valence-corrected chi connectivity index (χ3v) is 2.52. The highest BCUT2D eigenvalue weighted by molar-refractivity contribution is 5.79. The minimum Gasteiger partial charge on any atom is -0.478 e. The highest BCUT2D eigenvalue weighted by Crippen LogP contribution is 2.15. The molecule has 0 spiro atoms. The molecule has 0 aliphatic carbocycles. The van der Waals surface area contributed by atoms with Gasteiger partial charge in [0, 0.05) is 39.9 Å². The Morgan fingerprint density at radius 1 is 1.40 bits per heavy atom. The molecule has 1 aliphatic rings. The molecule has 1 aliphatic heterocycles. The van der Waals surface area contributed by atoms with Crippen molar-refractivity contribution < 1.29 is 19.4 Å². The summed E-state index contributed by atoms with van der Waals surface area (Å²) >= 11 is 0. The van der Waals surface area contributed by atoms with Crippen LogP contribution in [0.5, 0.6) is 0 Å². The Morgan fingerprint density at radius 3 is 2.33 bits per heavy atom. The lowest BCUT2D eigenvalue weighted by Gasteiger charge is -2.13. The van der Waals surface area contributed by atoms with Crippen molar-refractivity contribution >= 4 is 5.97 Å². The number of carboxylic acids is 1. The summed E-state index contributed by atoms with van der Waals surface area (Å²) in [5.74, 6) is -0.916. The third-order valence-electron chi connectivity index (χ3n) is 2.52. The monoisotopic (exact) mass is 215 g/mol. The van der Waals surface area contributed by atoms with Crippen molar-refractivity contribution in [2.75, 3.05) is 33.9 Å². The lowest BCUT2D eigenvalue weighted by molar-refractivity contribution is -0.131. The molecule has 0 amide bonds. The van der Waals surface area contributed by atoms with E-state index in [1.165, 1.54) is 0 Å². The van der Waals surface area contributed by atoms with Gasteiger partial charge in [0.2, 0.25) is 0 Å². The first kappa shape index (κ1) is 12.2. The van der Waals surface area contributed by atoms with Gasteiger partial charge in [0.25, 0.3) is 0 Å². The molecule has 15 heavy (non-hydrogen) atoms. The van der Waals surface area contributed by atoms with E-state index in [0.717, 1.165) is 19.2 Å². The van der Waals surface area contributed by atoms with Crippen LogP contribution in [-0.4, -0.2) is 62.0 Å². The molecule has 5 nitrogen and oxygen atoms in total. The predicted molar refractivity (Wildman–Crippen MR) is 54.8 cm³/mol. The maximum Gasteiger partial charge on any atom is 0.328 e. The van der Waals surface area contributed by atoms with Gasteiger partial charge in [-0.05, 0) is 0 Å². The van der Waals surface area contributed by atoms with Crippen molar-refractivity contribution in [2.45, 2.75) is 12.2 Å². The number of carboxylic acid groups (broad SMARTS) is 1. The normalized spacial score (nSPS) is 27.6. The number of methoxy groups -OCH3 is 2. The number of carbonyl (C=O) groups is 1. The molecule has 0 radical (unpaired) electrons. The standard InChI is InChI=1S/C10H17NO4/c1-14-8-6-11(7-9(8)15-2)5-3-4-10(12)13/h3-4,8-9H,5-7H2,1-2H3,(H,12,13)/b4-3+. The van der Waals surface area contributed by atoms with E-state index in [1.54, 1.807) is 20.3 Å². The van der Waals surface area contributed by atoms with Gasteiger partial charge in [0.1, 0.15) is 0 Å². The van der Waals surface area contributed by atoms with Crippen molar-refractivity contribution in [3.8, 4) is 0 Å². The van der Waals surface area contributed by atoms with Crippen LogP contribution in [0.15, 0.2) is 12.2 Å². The molecule has 0 aromatic carbocycles. The van der Waals surface area contributed by atoms with Gasteiger partial charge >= 0.3 is 5.97 Å². The lowest BCUT2D eigenvalue weighted by atomic mass is 10.3. The molecule has 86 valence electrons. The van der Waals surface area contributed by atoms with E-state index in [2.05, 4.69) is 4.90 Å². The van der Waals surface area contributed by atoms with Gasteiger partial charge < -0.3 is 14.6 Å². The molecule has 0 aromatic rings. The summed E-state index contributed by atoms with van der Waals surface area (Å²) in [6.45, 7) is 2.17. The van der Waals surface area contributed by atoms with E-state index in [0.29, 0.717) is 6.54 Å². The number of likely N-dealkylation sites (tertiary alicyclic amines) is 1. The maximum absolute atomic E-state index is 10.3. The first-order valence-corrected chi connectivity index (χ1v) is 4.84. The van der Waals surface area contributed by atoms with Crippen LogP contribution in [0.1, 0.15) is 0 Å². The summed E-state index contributed by atoms with van der Waals surface area (Å²) in [6, 6.07) is 0. The highest BCUT2D eigenvalue weighted by atomic mass is 16.5. The first-order valence-electron chi connectivity index (χ1n) is 4.84. The Kier molecular flexibility index (Phi) is 4.74. The van der Waals surface area contributed by atoms with Gasteiger partial charge in [-0.3, -0.25) is 4.90 Å². The fourth-order valence-corrected chi connectivity index (χ4v) is 1.72. The molecule has 1 fully saturated rings. The Morgan fingerprint density at radius 2 is 1.93 bits per heavy atom. The number of nitrogens with zero attached hydrogens (tertiary/aromatic N) is 1. The van der Waals surface area contributed by atoms with Crippen molar-refractivity contribution in [1.82, 2.24) is 4.90 Å². The molecule has 1 N–H and O–H groups in total. The number of hydrogen-bond acceptors (Lipinski definition) is 4. The zero-order valence-electron chi connectivity index (χ0n) is 9.05. The Labute approximate surface area is 89.3 Å². The largest absolute Gasteiger partial charge is 0.478 e. The van der Waals surface area contributed by atoms with Crippen LogP contribution < -0.4 is 0 Å². The first-order chi connectivity index (χ1) is 7.17. The summed E-state index contributed by atoms with van der Waals surface area (Å²) in [5.41, 5.74) is 0. The molecule has 1 saturated heterocycles. The second-order valence-corrected chi connectivity index (χ2v) is 3.51. The zero-order chi connectivity index (χ0) is 11.3. The zero-order valence-corrected chi connectivity index (χ0v) is 9.05. The van der Waals surface area contributed by atoms with Gasteiger partial charge in [0.15, 0.2) is 0 Å². The second kappa shape index (κ2) is 5.85. The number of hydrogen-bond donors (Lipinski definition) is 1. The molecule has 5 heteroatoms. The van der Waals surface area contributed by atoms with E-state index in [4.69, 9.17) is 14.6 Å². The van der Waals surface area contributed by atoms with E-state index in [-0.39, 0.29) is 12.2 Å². The fraction of sp³-hybridized carbons (Fsp3) is 0.700. The third kappa shape index (κ3) is 3.62. The fourth-order valence-electron chi connectivity index (χ4n) is 1.72. The topological polar surface area (TPSA) is 59.0 Å². The van der Waals surface area contributed by atoms with Gasteiger partial charge in [-0.2, -0.15) is 0 Å².